The Balaban J connectivity index is 1.74. The summed E-state index contributed by atoms with van der Waals surface area (Å²) in [5, 5.41) is 3.25. The number of hydrogen-bond donors (Lipinski definition) is 1. The summed E-state index contributed by atoms with van der Waals surface area (Å²) in [6.07, 6.45) is 12.5. The summed E-state index contributed by atoms with van der Waals surface area (Å²) in [6, 6.07) is 0.494. The second kappa shape index (κ2) is 5.53. The van der Waals surface area contributed by atoms with Crippen molar-refractivity contribution in [1.29, 1.82) is 0 Å². The molecular formula is C13H23NO. The summed E-state index contributed by atoms with van der Waals surface area (Å²) in [6.45, 7) is 0. The lowest BCUT2D eigenvalue weighted by Gasteiger charge is -2.27. The Hall–Kier alpha value is -0.530. The molecule has 1 N–H and O–H groups in total. The number of rotatable bonds is 2. The summed E-state index contributed by atoms with van der Waals surface area (Å²) < 4.78 is 0. The van der Waals surface area contributed by atoms with E-state index in [9.17, 15) is 4.79 Å². The Bertz CT molecular complexity index is 203. The fourth-order valence-electron chi connectivity index (χ4n) is 2.93. The van der Waals surface area contributed by atoms with Crippen LogP contribution in [0.4, 0.5) is 0 Å². The average molecular weight is 209 g/mol. The van der Waals surface area contributed by atoms with Crippen LogP contribution in [0.25, 0.3) is 0 Å². The zero-order valence-electron chi connectivity index (χ0n) is 9.63. The third-order valence-electron chi connectivity index (χ3n) is 3.93. The Labute approximate surface area is 92.8 Å². The maximum atomic E-state index is 12.0. The van der Waals surface area contributed by atoms with E-state index in [0.717, 1.165) is 12.8 Å². The first-order chi connectivity index (χ1) is 7.36. The van der Waals surface area contributed by atoms with Crippen LogP contribution in [-0.4, -0.2) is 11.9 Å². The molecule has 2 nitrogen and oxygen atoms in total. The minimum Gasteiger partial charge on any atom is -0.353 e. The highest BCUT2D eigenvalue weighted by Gasteiger charge is 2.23. The molecule has 2 rings (SSSR count). The topological polar surface area (TPSA) is 29.1 Å². The van der Waals surface area contributed by atoms with Crippen LogP contribution in [0.2, 0.25) is 0 Å². The molecule has 0 unspecified atom stereocenters. The fourth-order valence-corrected chi connectivity index (χ4v) is 2.93. The van der Waals surface area contributed by atoms with Gasteiger partial charge in [0.15, 0.2) is 0 Å². The summed E-state index contributed by atoms with van der Waals surface area (Å²) >= 11 is 0. The molecule has 0 radical (unpaired) electrons. The van der Waals surface area contributed by atoms with Crippen molar-refractivity contribution < 1.29 is 4.79 Å². The van der Waals surface area contributed by atoms with Gasteiger partial charge >= 0.3 is 0 Å². The van der Waals surface area contributed by atoms with Crippen molar-refractivity contribution in [1.82, 2.24) is 5.32 Å². The van der Waals surface area contributed by atoms with Crippen LogP contribution >= 0.6 is 0 Å². The Morgan fingerprint density at radius 1 is 0.800 bits per heavy atom. The molecule has 0 aliphatic heterocycles. The third kappa shape index (κ3) is 3.22. The zero-order chi connectivity index (χ0) is 10.5. The van der Waals surface area contributed by atoms with Gasteiger partial charge in [0.05, 0.1) is 0 Å². The molecule has 0 spiro atoms. The van der Waals surface area contributed by atoms with Crippen LogP contribution < -0.4 is 5.32 Å². The van der Waals surface area contributed by atoms with Gasteiger partial charge in [0.25, 0.3) is 0 Å². The van der Waals surface area contributed by atoms with Crippen molar-refractivity contribution in [3.8, 4) is 0 Å². The number of carbonyl (C=O) groups excluding carboxylic acids is 1. The summed E-state index contributed by atoms with van der Waals surface area (Å²) in [7, 11) is 0. The minimum atomic E-state index is 0.334. The Morgan fingerprint density at radius 2 is 1.33 bits per heavy atom. The van der Waals surface area contributed by atoms with E-state index in [2.05, 4.69) is 5.32 Å². The molecule has 1 amide bonds. The highest BCUT2D eigenvalue weighted by Crippen LogP contribution is 2.25. The van der Waals surface area contributed by atoms with Crippen molar-refractivity contribution in [3.63, 3.8) is 0 Å². The molecule has 2 aliphatic carbocycles. The lowest BCUT2D eigenvalue weighted by atomic mass is 9.87. The van der Waals surface area contributed by atoms with E-state index < -0.39 is 0 Å². The second-order valence-electron chi connectivity index (χ2n) is 5.18. The normalized spacial score (nSPS) is 25.1. The standard InChI is InChI=1S/C13H23NO/c15-13(11-7-3-1-4-8-11)14-12-9-5-2-6-10-12/h11-12H,1-10H2,(H,14,15). The predicted octanol–water partition coefficient (Wildman–Crippen LogP) is 3.02. The molecule has 0 saturated heterocycles. The van der Waals surface area contributed by atoms with Crippen LogP contribution in [0.3, 0.4) is 0 Å². The van der Waals surface area contributed by atoms with Crippen molar-refractivity contribution >= 4 is 5.91 Å². The Morgan fingerprint density at radius 3 is 1.93 bits per heavy atom. The first-order valence-corrected chi connectivity index (χ1v) is 6.66. The number of carbonyl (C=O) groups is 1. The largest absolute Gasteiger partial charge is 0.353 e. The van der Waals surface area contributed by atoms with Crippen LogP contribution in [0.5, 0.6) is 0 Å². The number of hydrogen-bond acceptors (Lipinski definition) is 1. The zero-order valence-corrected chi connectivity index (χ0v) is 9.63. The van der Waals surface area contributed by atoms with Gasteiger partial charge in [-0.1, -0.05) is 38.5 Å². The lowest BCUT2D eigenvalue weighted by molar-refractivity contribution is -0.126. The van der Waals surface area contributed by atoms with Gasteiger partial charge in [-0.25, -0.2) is 0 Å². The van der Waals surface area contributed by atoms with Crippen LogP contribution in [0, 0.1) is 5.92 Å². The monoisotopic (exact) mass is 209 g/mol. The van der Waals surface area contributed by atoms with E-state index in [1.54, 1.807) is 0 Å². The van der Waals surface area contributed by atoms with Crippen molar-refractivity contribution in [2.24, 2.45) is 5.92 Å². The quantitative estimate of drug-likeness (QED) is 0.744. The van der Waals surface area contributed by atoms with Crippen LogP contribution in [-0.2, 0) is 4.79 Å². The summed E-state index contributed by atoms with van der Waals surface area (Å²) in [5.41, 5.74) is 0. The second-order valence-corrected chi connectivity index (χ2v) is 5.18. The predicted molar refractivity (Wildman–Crippen MR) is 61.6 cm³/mol. The molecule has 0 aromatic heterocycles. The Kier molecular flexibility index (Phi) is 4.04. The molecule has 2 heteroatoms. The maximum Gasteiger partial charge on any atom is 0.223 e. The van der Waals surface area contributed by atoms with Crippen LogP contribution in [0.15, 0.2) is 0 Å². The highest BCUT2D eigenvalue weighted by atomic mass is 16.1. The van der Waals surface area contributed by atoms with Gasteiger partial charge in [-0.3, -0.25) is 4.79 Å². The number of amides is 1. The van der Waals surface area contributed by atoms with E-state index in [0.29, 0.717) is 17.9 Å². The van der Waals surface area contributed by atoms with Gasteiger partial charge in [0.1, 0.15) is 0 Å². The molecule has 2 aliphatic rings. The average Bonchev–Trinajstić information content (AvgIpc) is 2.31. The van der Waals surface area contributed by atoms with Gasteiger partial charge in [-0.05, 0) is 25.7 Å². The minimum absolute atomic E-state index is 0.334. The molecule has 0 bridgehead atoms. The maximum absolute atomic E-state index is 12.0. The van der Waals surface area contributed by atoms with Gasteiger partial charge in [0, 0.05) is 12.0 Å². The van der Waals surface area contributed by atoms with E-state index >= 15 is 0 Å². The smallest absolute Gasteiger partial charge is 0.223 e. The fraction of sp³-hybridized carbons (Fsp3) is 0.923. The van der Waals surface area contributed by atoms with E-state index in [-0.39, 0.29) is 0 Å². The first kappa shape index (κ1) is 11.0. The van der Waals surface area contributed by atoms with Gasteiger partial charge in [0.2, 0.25) is 5.91 Å². The molecule has 0 aromatic carbocycles. The highest BCUT2D eigenvalue weighted by molar-refractivity contribution is 5.79. The summed E-state index contributed by atoms with van der Waals surface area (Å²) in [4.78, 5) is 12.0. The summed E-state index contributed by atoms with van der Waals surface area (Å²) in [5.74, 6) is 0.683. The lowest BCUT2D eigenvalue weighted by Crippen LogP contribution is -2.40. The van der Waals surface area contributed by atoms with Crippen molar-refractivity contribution in [3.05, 3.63) is 0 Å². The first-order valence-electron chi connectivity index (χ1n) is 6.66. The van der Waals surface area contributed by atoms with E-state index in [4.69, 9.17) is 0 Å². The molecule has 2 fully saturated rings. The molecule has 15 heavy (non-hydrogen) atoms. The molecule has 0 heterocycles. The van der Waals surface area contributed by atoms with Gasteiger partial charge < -0.3 is 5.32 Å². The SMILES string of the molecule is O=C(NC1CCCCC1)C1CCCCC1. The number of nitrogens with one attached hydrogen (secondary N) is 1. The van der Waals surface area contributed by atoms with Gasteiger partial charge in [-0.2, -0.15) is 0 Å². The van der Waals surface area contributed by atoms with Crippen LogP contribution in [0.1, 0.15) is 64.2 Å². The third-order valence-corrected chi connectivity index (χ3v) is 3.93. The van der Waals surface area contributed by atoms with E-state index in [1.807, 2.05) is 0 Å². The molecule has 2 saturated carbocycles. The van der Waals surface area contributed by atoms with Crippen molar-refractivity contribution in [2.75, 3.05) is 0 Å². The van der Waals surface area contributed by atoms with E-state index in [1.165, 1.54) is 51.4 Å². The molecular weight excluding hydrogens is 186 g/mol. The molecule has 0 aromatic rings. The molecule has 86 valence electrons. The van der Waals surface area contributed by atoms with Gasteiger partial charge in [-0.15, -0.1) is 0 Å². The molecule has 0 atom stereocenters. The van der Waals surface area contributed by atoms with Crippen molar-refractivity contribution in [2.45, 2.75) is 70.3 Å².